The predicted octanol–water partition coefficient (Wildman–Crippen LogP) is 0.895. The summed E-state index contributed by atoms with van der Waals surface area (Å²) < 4.78 is 5.60. The minimum Gasteiger partial charge on any atom is -0.372 e. The van der Waals surface area contributed by atoms with Gasteiger partial charge in [0.15, 0.2) is 0 Å². The Morgan fingerprint density at radius 2 is 2.44 bits per heavy atom. The first-order valence-corrected chi connectivity index (χ1v) is 6.97. The van der Waals surface area contributed by atoms with Crippen molar-refractivity contribution in [3.63, 3.8) is 0 Å². The first kappa shape index (κ1) is 13.5. The van der Waals surface area contributed by atoms with E-state index in [0.717, 1.165) is 11.4 Å². The lowest BCUT2D eigenvalue weighted by molar-refractivity contribution is -0.0764. The number of thiazole rings is 1. The second-order valence-corrected chi connectivity index (χ2v) is 5.94. The van der Waals surface area contributed by atoms with Crippen molar-refractivity contribution in [2.75, 3.05) is 26.2 Å². The Balaban J connectivity index is 2.05. The number of carbonyl (C=O) groups is 1. The first-order valence-electron chi connectivity index (χ1n) is 6.09. The highest BCUT2D eigenvalue weighted by Crippen LogP contribution is 2.19. The molecular formula is C12H19N3O2S. The summed E-state index contributed by atoms with van der Waals surface area (Å²) in [5.41, 5.74) is 5.73. The summed E-state index contributed by atoms with van der Waals surface area (Å²) in [7, 11) is 0. The number of carbonyl (C=O) groups excluding carboxylic acids is 1. The lowest BCUT2D eigenvalue weighted by atomic mass is 10.1. The number of ether oxygens (including phenoxy) is 1. The average Bonchev–Trinajstić information content (AvgIpc) is 2.76. The van der Waals surface area contributed by atoms with E-state index in [-0.39, 0.29) is 11.5 Å². The van der Waals surface area contributed by atoms with Gasteiger partial charge in [0.05, 0.1) is 17.2 Å². The lowest BCUT2D eigenvalue weighted by Gasteiger charge is -2.37. The molecule has 1 aromatic rings. The van der Waals surface area contributed by atoms with Gasteiger partial charge in [-0.3, -0.25) is 4.79 Å². The maximum absolute atomic E-state index is 12.3. The van der Waals surface area contributed by atoms with E-state index >= 15 is 0 Å². The van der Waals surface area contributed by atoms with Crippen LogP contribution in [0, 0.1) is 0 Å². The van der Waals surface area contributed by atoms with Gasteiger partial charge in [0, 0.05) is 24.9 Å². The molecular weight excluding hydrogens is 250 g/mol. The van der Waals surface area contributed by atoms with Crippen molar-refractivity contribution in [1.29, 1.82) is 0 Å². The van der Waals surface area contributed by atoms with Crippen LogP contribution in [0.1, 0.15) is 29.3 Å². The monoisotopic (exact) mass is 269 g/mol. The highest BCUT2D eigenvalue weighted by molar-refractivity contribution is 7.09. The molecule has 6 heteroatoms. The Morgan fingerprint density at radius 3 is 3.11 bits per heavy atom. The number of morpholine rings is 1. The normalized spacial score (nSPS) is 18.9. The number of hydrogen-bond acceptors (Lipinski definition) is 5. The van der Waals surface area contributed by atoms with Gasteiger partial charge in [0.1, 0.15) is 5.69 Å². The van der Waals surface area contributed by atoms with Crippen molar-refractivity contribution >= 4 is 17.2 Å². The van der Waals surface area contributed by atoms with Crippen molar-refractivity contribution in [1.82, 2.24) is 9.88 Å². The quantitative estimate of drug-likeness (QED) is 0.885. The summed E-state index contributed by atoms with van der Waals surface area (Å²) in [6.07, 6.45) is 0.729. The van der Waals surface area contributed by atoms with Gasteiger partial charge in [0.2, 0.25) is 0 Å². The molecule has 1 aliphatic rings. The zero-order chi connectivity index (χ0) is 13.2. The molecule has 2 heterocycles. The van der Waals surface area contributed by atoms with Gasteiger partial charge in [0.25, 0.3) is 5.91 Å². The topological polar surface area (TPSA) is 68.5 Å². The minimum absolute atomic E-state index is 0.00843. The molecule has 0 aliphatic carbocycles. The molecule has 1 fully saturated rings. The van der Waals surface area contributed by atoms with Crippen LogP contribution >= 0.6 is 11.3 Å². The molecule has 2 N–H and O–H groups in total. The first-order chi connectivity index (χ1) is 8.52. The molecule has 1 aliphatic heterocycles. The van der Waals surface area contributed by atoms with E-state index in [0.29, 0.717) is 31.9 Å². The van der Waals surface area contributed by atoms with Gasteiger partial charge < -0.3 is 15.4 Å². The number of hydrogen-bond donors (Lipinski definition) is 1. The molecule has 2 rings (SSSR count). The van der Waals surface area contributed by atoms with Crippen molar-refractivity contribution in [2.45, 2.75) is 25.9 Å². The lowest BCUT2D eigenvalue weighted by Crippen LogP contribution is -2.50. The molecule has 0 bridgehead atoms. The van der Waals surface area contributed by atoms with Gasteiger partial charge in [-0.05, 0) is 20.4 Å². The van der Waals surface area contributed by atoms with Crippen molar-refractivity contribution in [3.8, 4) is 0 Å². The van der Waals surface area contributed by atoms with Crippen molar-refractivity contribution < 1.29 is 9.53 Å². The predicted molar refractivity (Wildman–Crippen MR) is 70.8 cm³/mol. The molecule has 0 spiro atoms. The summed E-state index contributed by atoms with van der Waals surface area (Å²) in [4.78, 5) is 18.4. The number of nitrogens with zero attached hydrogens (tertiary/aromatic N) is 2. The zero-order valence-corrected chi connectivity index (χ0v) is 11.6. The van der Waals surface area contributed by atoms with Gasteiger partial charge in [-0.1, -0.05) is 0 Å². The van der Waals surface area contributed by atoms with Gasteiger partial charge in [-0.15, -0.1) is 11.3 Å². The van der Waals surface area contributed by atoms with Gasteiger partial charge in [-0.2, -0.15) is 0 Å². The van der Waals surface area contributed by atoms with Crippen LogP contribution in [-0.4, -0.2) is 47.6 Å². The molecule has 18 heavy (non-hydrogen) atoms. The Morgan fingerprint density at radius 1 is 1.67 bits per heavy atom. The second kappa shape index (κ2) is 5.34. The summed E-state index contributed by atoms with van der Waals surface area (Å²) in [5, 5.41) is 2.74. The molecule has 0 unspecified atom stereocenters. The van der Waals surface area contributed by atoms with Crippen LogP contribution in [0.4, 0.5) is 0 Å². The van der Waals surface area contributed by atoms with E-state index in [1.165, 1.54) is 11.3 Å². The number of rotatable bonds is 3. The Kier molecular flexibility index (Phi) is 3.99. The second-order valence-electron chi connectivity index (χ2n) is 5.00. The fourth-order valence-electron chi connectivity index (χ4n) is 2.00. The molecule has 5 nitrogen and oxygen atoms in total. The molecule has 1 aromatic heterocycles. The van der Waals surface area contributed by atoms with E-state index in [2.05, 4.69) is 4.98 Å². The molecule has 100 valence electrons. The number of nitrogens with two attached hydrogens (primary N) is 1. The van der Waals surface area contributed by atoms with Crippen LogP contribution in [-0.2, 0) is 11.2 Å². The molecule has 0 atom stereocenters. The van der Waals surface area contributed by atoms with Crippen molar-refractivity contribution in [2.24, 2.45) is 5.73 Å². The van der Waals surface area contributed by atoms with E-state index in [1.807, 2.05) is 24.1 Å². The average molecular weight is 269 g/mol. The smallest absolute Gasteiger partial charge is 0.273 e. The molecule has 1 amide bonds. The highest BCUT2D eigenvalue weighted by atomic mass is 32.1. The molecule has 0 aromatic carbocycles. The maximum atomic E-state index is 12.3. The fraction of sp³-hybridized carbons (Fsp3) is 0.667. The van der Waals surface area contributed by atoms with Crippen molar-refractivity contribution in [3.05, 3.63) is 16.1 Å². The molecule has 0 saturated carbocycles. The minimum atomic E-state index is -0.274. The van der Waals surface area contributed by atoms with E-state index in [9.17, 15) is 4.79 Å². The van der Waals surface area contributed by atoms with Crippen LogP contribution in [0.2, 0.25) is 0 Å². The van der Waals surface area contributed by atoms with Crippen LogP contribution < -0.4 is 5.73 Å². The van der Waals surface area contributed by atoms with E-state index < -0.39 is 0 Å². The zero-order valence-electron chi connectivity index (χ0n) is 10.8. The SMILES string of the molecule is CC1(C)CN(C(=O)c2csc(CCN)n2)CCO1. The summed E-state index contributed by atoms with van der Waals surface area (Å²) in [6.45, 7) is 6.37. The maximum Gasteiger partial charge on any atom is 0.273 e. The third-order valence-electron chi connectivity index (χ3n) is 2.84. The summed E-state index contributed by atoms with van der Waals surface area (Å²) in [6, 6.07) is 0. The van der Waals surface area contributed by atoms with Crippen LogP contribution in [0.5, 0.6) is 0 Å². The largest absolute Gasteiger partial charge is 0.372 e. The van der Waals surface area contributed by atoms with Crippen LogP contribution in [0.15, 0.2) is 5.38 Å². The third kappa shape index (κ3) is 3.07. The van der Waals surface area contributed by atoms with Gasteiger partial charge in [-0.25, -0.2) is 4.98 Å². The van der Waals surface area contributed by atoms with Crippen LogP contribution in [0.3, 0.4) is 0 Å². The number of amides is 1. The van der Waals surface area contributed by atoms with E-state index in [1.54, 1.807) is 0 Å². The van der Waals surface area contributed by atoms with E-state index in [4.69, 9.17) is 10.5 Å². The highest BCUT2D eigenvalue weighted by Gasteiger charge is 2.31. The number of aromatic nitrogens is 1. The van der Waals surface area contributed by atoms with Gasteiger partial charge >= 0.3 is 0 Å². The Labute approximate surface area is 111 Å². The third-order valence-corrected chi connectivity index (χ3v) is 3.75. The Bertz CT molecular complexity index is 431. The molecule has 0 radical (unpaired) electrons. The summed E-state index contributed by atoms with van der Waals surface area (Å²) in [5.74, 6) is -0.00843. The fourth-order valence-corrected chi connectivity index (χ4v) is 2.79. The molecule has 1 saturated heterocycles. The van der Waals surface area contributed by atoms with Crippen LogP contribution in [0.25, 0.3) is 0 Å². The Hall–Kier alpha value is -0.980. The standard InChI is InChI=1S/C12H19N3O2S/c1-12(2)8-15(5-6-17-12)11(16)9-7-18-10(14-9)3-4-13/h7H,3-6,8,13H2,1-2H3. The summed E-state index contributed by atoms with van der Waals surface area (Å²) >= 11 is 1.50.